The van der Waals surface area contributed by atoms with E-state index in [1.54, 1.807) is 43.5 Å². The summed E-state index contributed by atoms with van der Waals surface area (Å²) in [5.41, 5.74) is 1.83. The van der Waals surface area contributed by atoms with Crippen LogP contribution in [-0.2, 0) is 9.84 Å². The molecule has 0 spiro atoms. The van der Waals surface area contributed by atoms with E-state index >= 15 is 0 Å². The van der Waals surface area contributed by atoms with Gasteiger partial charge in [0.05, 0.1) is 0 Å². The van der Waals surface area contributed by atoms with Crippen molar-refractivity contribution in [3.63, 3.8) is 0 Å². The van der Waals surface area contributed by atoms with E-state index in [9.17, 15) is 18.8 Å². The maximum Gasteiger partial charge on any atom is 0.226 e. The minimum atomic E-state index is -3.79. The van der Waals surface area contributed by atoms with Crippen molar-refractivity contribution in [2.75, 3.05) is 0 Å². The average Bonchev–Trinajstić information content (AvgIpc) is 2.96. The Kier molecular flexibility index (Phi) is 4.16. The molecule has 0 atom stereocenters. The van der Waals surface area contributed by atoms with Crippen LogP contribution in [0, 0.1) is 25.2 Å². The number of rotatable bonds is 3. The third kappa shape index (κ3) is 2.99. The molecule has 0 fully saturated rings. The second-order valence-electron chi connectivity index (χ2n) is 4.56. The smallest absolute Gasteiger partial charge is 0.226 e. The van der Waals surface area contributed by atoms with Gasteiger partial charge >= 0.3 is 0 Å². The van der Waals surface area contributed by atoms with Gasteiger partial charge in [-0.3, -0.25) is 0 Å². The molecule has 1 aromatic carbocycles. The Bertz CT molecular complexity index is 819. The molecule has 0 bridgehead atoms. The summed E-state index contributed by atoms with van der Waals surface area (Å²) in [5.74, 6) is 0.173. The minimum Gasteiger partial charge on any atom is -0.507 e. The topological polar surface area (TPSA) is 78.2 Å². The van der Waals surface area contributed by atoms with E-state index in [1.807, 2.05) is 0 Å². The summed E-state index contributed by atoms with van der Waals surface area (Å²) in [7, 11) is -3.79. The number of hydrogen-bond acceptors (Lipinski definition) is 5. The van der Waals surface area contributed by atoms with Crippen LogP contribution in [0.4, 0.5) is 0 Å². The first-order valence-corrected chi connectivity index (χ1v) is 8.43. The van der Waals surface area contributed by atoms with Crippen molar-refractivity contribution in [3.05, 3.63) is 51.2 Å². The summed E-state index contributed by atoms with van der Waals surface area (Å²) in [5, 5.41) is 20.6. The second kappa shape index (κ2) is 5.72. The van der Waals surface area contributed by atoms with E-state index in [0.717, 1.165) is 11.3 Å². The first-order chi connectivity index (χ1) is 9.86. The standard InChI is InChI=1S/C15H13NO3S2/c1-10-6-12(7-11(2)15(10)17)8-13(9-16)21(18,19)14-4-3-5-20-14/h3-8,17H,1-2H3/b13-8+. The van der Waals surface area contributed by atoms with Gasteiger partial charge in [0.2, 0.25) is 9.84 Å². The van der Waals surface area contributed by atoms with Crippen LogP contribution in [0.5, 0.6) is 5.75 Å². The SMILES string of the molecule is Cc1cc(/C=C(\C#N)S(=O)(=O)c2cccs2)cc(C)c1O. The number of phenolic OH excluding ortho intramolecular Hbond substituents is 1. The number of thiophene rings is 1. The molecule has 0 aliphatic heterocycles. The molecule has 0 aliphatic carbocycles. The van der Waals surface area contributed by atoms with E-state index in [-0.39, 0.29) is 14.9 Å². The highest BCUT2D eigenvalue weighted by Gasteiger charge is 2.21. The van der Waals surface area contributed by atoms with Crippen molar-refractivity contribution in [2.45, 2.75) is 18.1 Å². The van der Waals surface area contributed by atoms with Gasteiger partial charge in [0.15, 0.2) is 4.91 Å². The van der Waals surface area contributed by atoms with Crippen molar-refractivity contribution < 1.29 is 13.5 Å². The molecule has 0 amide bonds. The van der Waals surface area contributed by atoms with Gasteiger partial charge in [-0.05, 0) is 60.2 Å². The van der Waals surface area contributed by atoms with Gasteiger partial charge in [-0.15, -0.1) is 11.3 Å². The van der Waals surface area contributed by atoms with E-state index < -0.39 is 9.84 Å². The normalized spacial score (nSPS) is 12.1. The molecule has 0 unspecified atom stereocenters. The van der Waals surface area contributed by atoms with E-state index in [4.69, 9.17) is 0 Å². The van der Waals surface area contributed by atoms with Crippen LogP contribution in [0.2, 0.25) is 0 Å². The van der Waals surface area contributed by atoms with Crippen LogP contribution >= 0.6 is 11.3 Å². The highest BCUT2D eigenvalue weighted by Crippen LogP contribution is 2.28. The Morgan fingerprint density at radius 1 is 1.33 bits per heavy atom. The van der Waals surface area contributed by atoms with Gasteiger partial charge in [-0.25, -0.2) is 8.42 Å². The molecule has 2 aromatic rings. The lowest BCUT2D eigenvalue weighted by Crippen LogP contribution is -2.01. The number of nitrogens with zero attached hydrogens (tertiary/aromatic N) is 1. The van der Waals surface area contributed by atoms with Crippen molar-refractivity contribution in [1.82, 2.24) is 0 Å². The van der Waals surface area contributed by atoms with Gasteiger partial charge in [0.25, 0.3) is 0 Å². The lowest BCUT2D eigenvalue weighted by molar-refractivity contribution is 0.467. The fraction of sp³-hybridized carbons (Fsp3) is 0.133. The first kappa shape index (κ1) is 15.3. The van der Waals surface area contributed by atoms with Crippen LogP contribution in [0.1, 0.15) is 16.7 Å². The van der Waals surface area contributed by atoms with Gasteiger partial charge in [0.1, 0.15) is 16.0 Å². The Morgan fingerprint density at radius 3 is 2.43 bits per heavy atom. The number of hydrogen-bond donors (Lipinski definition) is 1. The second-order valence-corrected chi connectivity index (χ2v) is 7.65. The third-order valence-electron chi connectivity index (χ3n) is 2.97. The molecule has 4 nitrogen and oxygen atoms in total. The molecule has 6 heteroatoms. The van der Waals surface area contributed by atoms with Crippen LogP contribution in [0.3, 0.4) is 0 Å². The summed E-state index contributed by atoms with van der Waals surface area (Å²) in [6.07, 6.45) is 1.33. The molecular formula is C15H13NO3S2. The monoisotopic (exact) mass is 319 g/mol. The summed E-state index contributed by atoms with van der Waals surface area (Å²) in [6.45, 7) is 3.44. The predicted molar refractivity (Wildman–Crippen MR) is 82.7 cm³/mol. The van der Waals surface area contributed by atoms with E-state index in [2.05, 4.69) is 0 Å². The third-order valence-corrected chi connectivity index (χ3v) is 6.03. The zero-order valence-corrected chi connectivity index (χ0v) is 13.1. The molecule has 0 saturated heterocycles. The highest BCUT2D eigenvalue weighted by atomic mass is 32.2. The Balaban J connectivity index is 2.55. The number of sulfone groups is 1. The Labute approximate surface area is 127 Å². The summed E-state index contributed by atoms with van der Waals surface area (Å²) in [4.78, 5) is -0.311. The van der Waals surface area contributed by atoms with Crippen molar-refractivity contribution >= 4 is 27.3 Å². The zero-order valence-electron chi connectivity index (χ0n) is 11.5. The van der Waals surface area contributed by atoms with E-state index in [1.165, 1.54) is 12.1 Å². The molecule has 0 aliphatic rings. The molecule has 2 rings (SSSR count). The molecule has 0 radical (unpaired) electrons. The molecule has 0 saturated carbocycles. The molecule has 1 heterocycles. The molecule has 108 valence electrons. The fourth-order valence-electron chi connectivity index (χ4n) is 1.92. The molecular weight excluding hydrogens is 306 g/mol. The number of allylic oxidation sites excluding steroid dienone is 1. The van der Waals surface area contributed by atoms with Crippen LogP contribution in [0.25, 0.3) is 6.08 Å². The Morgan fingerprint density at radius 2 is 1.95 bits per heavy atom. The average molecular weight is 319 g/mol. The first-order valence-electron chi connectivity index (χ1n) is 6.07. The van der Waals surface area contributed by atoms with Gasteiger partial charge in [-0.2, -0.15) is 5.26 Å². The summed E-state index contributed by atoms with van der Waals surface area (Å²) < 4.78 is 24.8. The zero-order chi connectivity index (χ0) is 15.6. The largest absolute Gasteiger partial charge is 0.507 e. The highest BCUT2D eigenvalue weighted by molar-refractivity contribution is 7.97. The Hall–Kier alpha value is -2.10. The van der Waals surface area contributed by atoms with Gasteiger partial charge < -0.3 is 5.11 Å². The number of benzene rings is 1. The van der Waals surface area contributed by atoms with Crippen molar-refractivity contribution in [1.29, 1.82) is 5.26 Å². The summed E-state index contributed by atoms with van der Waals surface area (Å²) in [6, 6.07) is 8.13. The predicted octanol–water partition coefficient (Wildman–Crippen LogP) is 3.41. The van der Waals surface area contributed by atoms with Gasteiger partial charge in [-0.1, -0.05) is 6.07 Å². The lowest BCUT2D eigenvalue weighted by atomic mass is 10.1. The lowest BCUT2D eigenvalue weighted by Gasteiger charge is -2.05. The van der Waals surface area contributed by atoms with Gasteiger partial charge in [0, 0.05) is 0 Å². The molecule has 21 heavy (non-hydrogen) atoms. The van der Waals surface area contributed by atoms with Crippen LogP contribution in [0.15, 0.2) is 38.8 Å². The summed E-state index contributed by atoms with van der Waals surface area (Å²) >= 11 is 1.07. The number of aryl methyl sites for hydroxylation is 2. The maximum atomic E-state index is 12.3. The fourth-order valence-corrected chi connectivity index (χ4v) is 4.20. The molecule has 1 N–H and O–H groups in total. The number of nitriles is 1. The van der Waals surface area contributed by atoms with Crippen molar-refractivity contribution in [3.8, 4) is 11.8 Å². The number of phenols is 1. The number of aromatic hydroxyl groups is 1. The van der Waals surface area contributed by atoms with Crippen LogP contribution in [-0.4, -0.2) is 13.5 Å². The van der Waals surface area contributed by atoms with Crippen molar-refractivity contribution in [2.24, 2.45) is 0 Å². The molecule has 1 aromatic heterocycles. The maximum absolute atomic E-state index is 12.3. The quantitative estimate of drug-likeness (QED) is 0.879. The van der Waals surface area contributed by atoms with E-state index in [0.29, 0.717) is 16.7 Å². The van der Waals surface area contributed by atoms with Crippen LogP contribution < -0.4 is 0 Å². The minimum absolute atomic E-state index is 0.141.